The first-order valence-corrected chi connectivity index (χ1v) is 10.1. The molecule has 1 fully saturated rings. The maximum absolute atomic E-state index is 12.4. The third kappa shape index (κ3) is 4.33. The van der Waals surface area contributed by atoms with Gasteiger partial charge in [-0.25, -0.2) is 9.97 Å². The van der Waals surface area contributed by atoms with E-state index < -0.39 is 0 Å². The number of nitrogens with two attached hydrogens (primary N) is 1. The molecule has 4 rings (SSSR count). The summed E-state index contributed by atoms with van der Waals surface area (Å²) in [6.45, 7) is 3.50. The van der Waals surface area contributed by atoms with Gasteiger partial charge in [0.05, 0.1) is 12.1 Å². The van der Waals surface area contributed by atoms with E-state index in [0.717, 1.165) is 27.8 Å². The molecule has 1 saturated heterocycles. The number of halogens is 1. The molecule has 0 unspecified atom stereocenters. The van der Waals surface area contributed by atoms with Crippen LogP contribution in [-0.4, -0.2) is 51.9 Å². The van der Waals surface area contributed by atoms with Crippen LogP contribution in [0.3, 0.4) is 0 Å². The lowest BCUT2D eigenvalue weighted by Crippen LogP contribution is -2.48. The number of aromatic nitrogens is 2. The van der Waals surface area contributed by atoms with Crippen LogP contribution in [0.15, 0.2) is 46.9 Å². The largest absolute Gasteiger partial charge is 0.451 e. The summed E-state index contributed by atoms with van der Waals surface area (Å²) >= 11 is 2.10. The van der Waals surface area contributed by atoms with Gasteiger partial charge in [0.1, 0.15) is 17.4 Å². The van der Waals surface area contributed by atoms with Crippen LogP contribution in [0, 0.1) is 3.77 Å². The number of para-hydroxylation sites is 1. The Hall–Kier alpha value is -2.46. The second-order valence-corrected chi connectivity index (χ2v) is 7.68. The minimum Gasteiger partial charge on any atom is -0.451 e. The van der Waals surface area contributed by atoms with Crippen molar-refractivity contribution < 1.29 is 9.21 Å². The van der Waals surface area contributed by atoms with Gasteiger partial charge in [-0.15, -0.1) is 0 Å². The summed E-state index contributed by atoms with van der Waals surface area (Å²) in [7, 11) is 0. The molecule has 1 amide bonds. The average molecular weight is 489 g/mol. The Bertz CT molecular complexity index is 1020. The Morgan fingerprint density at radius 3 is 2.68 bits per heavy atom. The van der Waals surface area contributed by atoms with E-state index in [1.165, 1.54) is 0 Å². The molecule has 144 valence electrons. The van der Waals surface area contributed by atoms with E-state index in [4.69, 9.17) is 10.2 Å². The van der Waals surface area contributed by atoms with E-state index >= 15 is 0 Å². The highest BCUT2D eigenvalue weighted by Crippen LogP contribution is 2.18. The van der Waals surface area contributed by atoms with Gasteiger partial charge in [-0.05, 0) is 52.9 Å². The van der Waals surface area contributed by atoms with Crippen LogP contribution in [0.4, 0.5) is 5.82 Å². The number of rotatable bonds is 4. The molecule has 2 aromatic heterocycles. The zero-order valence-corrected chi connectivity index (χ0v) is 17.4. The number of benzene rings is 1. The monoisotopic (exact) mass is 489 g/mol. The zero-order valence-electron chi connectivity index (χ0n) is 15.2. The molecule has 0 radical (unpaired) electrons. The number of piperazine rings is 1. The number of amides is 1. The van der Waals surface area contributed by atoms with Crippen molar-refractivity contribution >= 4 is 51.3 Å². The van der Waals surface area contributed by atoms with E-state index in [9.17, 15) is 4.79 Å². The summed E-state index contributed by atoms with van der Waals surface area (Å²) in [5.74, 6) is 1.90. The topological polar surface area (TPSA) is 88.5 Å². The maximum atomic E-state index is 12.4. The summed E-state index contributed by atoms with van der Waals surface area (Å²) in [5.41, 5.74) is 6.93. The highest BCUT2D eigenvalue weighted by Gasteiger charge is 2.20. The van der Waals surface area contributed by atoms with Crippen molar-refractivity contribution in [2.45, 2.75) is 6.54 Å². The van der Waals surface area contributed by atoms with Crippen LogP contribution in [0.25, 0.3) is 17.0 Å². The lowest BCUT2D eigenvalue weighted by Gasteiger charge is -2.33. The average Bonchev–Trinajstić information content (AvgIpc) is 3.12. The standard InChI is InChI=1S/C20H20IN5O2/c21-17-7-5-14(28-17)6-8-19(27)26-11-9-25(10-12-26)13-18-23-16-4-2-1-3-15(16)20(22)24-18/h1-8H,9-13H2,(H2,22,23,24)/b8-6+. The molecule has 0 bridgehead atoms. The predicted octanol–water partition coefficient (Wildman–Crippen LogP) is 2.77. The first-order valence-electron chi connectivity index (χ1n) is 9.04. The number of furan rings is 1. The molecule has 1 aliphatic rings. The number of anilines is 1. The number of hydrogen-bond acceptors (Lipinski definition) is 6. The van der Waals surface area contributed by atoms with E-state index in [2.05, 4.69) is 37.5 Å². The van der Waals surface area contributed by atoms with Gasteiger partial charge in [0, 0.05) is 37.6 Å². The fraction of sp³-hybridized carbons (Fsp3) is 0.250. The van der Waals surface area contributed by atoms with Gasteiger partial charge in [0.15, 0.2) is 3.77 Å². The van der Waals surface area contributed by atoms with E-state index in [1.807, 2.05) is 41.3 Å². The first-order chi connectivity index (χ1) is 13.6. The minimum absolute atomic E-state index is 0.00254. The third-order valence-electron chi connectivity index (χ3n) is 4.71. The Kier molecular flexibility index (Phi) is 5.58. The molecule has 7 nitrogen and oxygen atoms in total. The number of carbonyl (C=O) groups excluding carboxylic acids is 1. The van der Waals surface area contributed by atoms with E-state index in [-0.39, 0.29) is 5.91 Å². The fourth-order valence-corrected chi connectivity index (χ4v) is 3.66. The van der Waals surface area contributed by atoms with Crippen molar-refractivity contribution in [2.75, 3.05) is 31.9 Å². The van der Waals surface area contributed by atoms with Crippen molar-refractivity contribution in [1.82, 2.24) is 19.8 Å². The zero-order chi connectivity index (χ0) is 19.5. The summed E-state index contributed by atoms with van der Waals surface area (Å²) in [6, 6.07) is 11.5. The normalized spacial score (nSPS) is 15.5. The molecule has 0 aliphatic carbocycles. The quantitative estimate of drug-likeness (QED) is 0.448. The first kappa shape index (κ1) is 18.9. The number of nitrogen functional groups attached to an aromatic ring is 1. The maximum Gasteiger partial charge on any atom is 0.246 e. The number of fused-ring (bicyclic) bond motifs is 1. The van der Waals surface area contributed by atoms with Crippen LogP contribution in [-0.2, 0) is 11.3 Å². The van der Waals surface area contributed by atoms with Crippen LogP contribution < -0.4 is 5.73 Å². The van der Waals surface area contributed by atoms with E-state index in [0.29, 0.717) is 37.0 Å². The second kappa shape index (κ2) is 8.27. The fourth-order valence-electron chi connectivity index (χ4n) is 3.22. The third-order valence-corrected chi connectivity index (χ3v) is 5.29. The molecule has 3 heterocycles. The lowest BCUT2D eigenvalue weighted by molar-refractivity contribution is -0.127. The van der Waals surface area contributed by atoms with Gasteiger partial charge >= 0.3 is 0 Å². The van der Waals surface area contributed by atoms with Gasteiger partial charge in [0.25, 0.3) is 0 Å². The van der Waals surface area contributed by atoms with Crippen LogP contribution >= 0.6 is 22.6 Å². The Labute approximate surface area is 176 Å². The smallest absolute Gasteiger partial charge is 0.246 e. The molecule has 2 N–H and O–H groups in total. The molecular weight excluding hydrogens is 469 g/mol. The molecule has 1 aliphatic heterocycles. The van der Waals surface area contributed by atoms with Crippen molar-refractivity contribution in [3.05, 3.63) is 57.8 Å². The van der Waals surface area contributed by atoms with Crippen molar-refractivity contribution in [3.63, 3.8) is 0 Å². The second-order valence-electron chi connectivity index (χ2n) is 6.62. The van der Waals surface area contributed by atoms with Crippen LogP contribution in [0.1, 0.15) is 11.6 Å². The molecule has 8 heteroatoms. The molecule has 0 saturated carbocycles. The molecule has 0 spiro atoms. The minimum atomic E-state index is -0.00254. The Morgan fingerprint density at radius 2 is 1.93 bits per heavy atom. The Balaban J connectivity index is 1.34. The van der Waals surface area contributed by atoms with Crippen molar-refractivity contribution in [1.29, 1.82) is 0 Å². The number of hydrogen-bond donors (Lipinski definition) is 1. The summed E-state index contributed by atoms with van der Waals surface area (Å²) in [6.07, 6.45) is 3.28. The van der Waals surface area contributed by atoms with Gasteiger partial charge in [0.2, 0.25) is 5.91 Å². The molecule has 0 atom stereocenters. The highest BCUT2D eigenvalue weighted by molar-refractivity contribution is 14.1. The molecule has 28 heavy (non-hydrogen) atoms. The van der Waals surface area contributed by atoms with E-state index in [1.54, 1.807) is 12.2 Å². The van der Waals surface area contributed by atoms with Gasteiger partial charge in [-0.2, -0.15) is 0 Å². The molecule has 1 aromatic carbocycles. The molecular formula is C20H20IN5O2. The van der Waals surface area contributed by atoms with Gasteiger partial charge in [-0.1, -0.05) is 12.1 Å². The summed E-state index contributed by atoms with van der Waals surface area (Å²) < 4.78 is 6.24. The Morgan fingerprint density at radius 1 is 1.14 bits per heavy atom. The summed E-state index contributed by atoms with van der Waals surface area (Å²) in [5, 5.41) is 0.875. The number of carbonyl (C=O) groups is 1. The summed E-state index contributed by atoms with van der Waals surface area (Å²) in [4.78, 5) is 25.5. The molecule has 3 aromatic rings. The number of nitrogens with zero attached hydrogens (tertiary/aromatic N) is 4. The van der Waals surface area contributed by atoms with Gasteiger partial charge in [-0.3, -0.25) is 9.69 Å². The predicted molar refractivity (Wildman–Crippen MR) is 116 cm³/mol. The van der Waals surface area contributed by atoms with Crippen LogP contribution in [0.2, 0.25) is 0 Å². The SMILES string of the molecule is Nc1nc(CN2CCN(C(=O)/C=C/c3ccc(I)o3)CC2)nc2ccccc12. The van der Waals surface area contributed by atoms with Crippen molar-refractivity contribution in [2.24, 2.45) is 0 Å². The van der Waals surface area contributed by atoms with Gasteiger partial charge < -0.3 is 15.1 Å². The van der Waals surface area contributed by atoms with Crippen LogP contribution in [0.5, 0.6) is 0 Å². The van der Waals surface area contributed by atoms with Crippen molar-refractivity contribution in [3.8, 4) is 0 Å². The lowest BCUT2D eigenvalue weighted by atomic mass is 10.2. The highest BCUT2D eigenvalue weighted by atomic mass is 127.